The summed E-state index contributed by atoms with van der Waals surface area (Å²) in [4.78, 5) is 10.9. The molecule has 0 amide bonds. The van der Waals surface area contributed by atoms with Gasteiger partial charge in [0, 0.05) is 6.61 Å². The second-order valence-corrected chi connectivity index (χ2v) is 5.87. The fourth-order valence-corrected chi connectivity index (χ4v) is 2.94. The number of aliphatic carboxylic acids is 1. The lowest BCUT2D eigenvalue weighted by molar-refractivity contribution is -0.139. The predicted molar refractivity (Wildman–Crippen MR) is 71.2 cm³/mol. The Morgan fingerprint density at radius 3 is 2.55 bits per heavy atom. The molecule has 0 unspecified atom stereocenters. The maximum absolute atomic E-state index is 12.1. The Labute approximate surface area is 117 Å². The zero-order valence-corrected chi connectivity index (χ0v) is 12.0. The van der Waals surface area contributed by atoms with Crippen molar-refractivity contribution >= 4 is 16.0 Å². The Bertz CT molecular complexity index is 584. The van der Waals surface area contributed by atoms with Crippen molar-refractivity contribution in [2.75, 3.05) is 13.7 Å². The van der Waals surface area contributed by atoms with Crippen LogP contribution in [0, 0.1) is 6.92 Å². The predicted octanol–water partition coefficient (Wildman–Crippen LogP) is 0.118. The summed E-state index contributed by atoms with van der Waals surface area (Å²) in [5, 5.41) is 17.6. The second kappa shape index (κ2) is 6.69. The minimum absolute atomic E-state index is 0.0556. The molecule has 0 spiro atoms. The standard InChI is InChI=1S/C12H17NO6S/c1-8-7-9(3-4-11(8)19-2)20(17,18)13-10(5-6-14)12(15)16/h3-4,7,10,13-14H,5-6H2,1-2H3,(H,15,16)/t10-/m1/s1. The monoisotopic (exact) mass is 303 g/mol. The van der Waals surface area contributed by atoms with Crippen molar-refractivity contribution in [1.82, 2.24) is 4.72 Å². The molecule has 0 aliphatic carbocycles. The van der Waals surface area contributed by atoms with E-state index in [0.717, 1.165) is 0 Å². The molecule has 112 valence electrons. The lowest BCUT2D eigenvalue weighted by atomic mass is 10.2. The molecular formula is C12H17NO6S. The van der Waals surface area contributed by atoms with Crippen LogP contribution < -0.4 is 9.46 Å². The maximum Gasteiger partial charge on any atom is 0.321 e. The number of carboxylic acid groups (broad SMARTS) is 1. The van der Waals surface area contributed by atoms with E-state index in [2.05, 4.69) is 0 Å². The smallest absolute Gasteiger partial charge is 0.321 e. The molecule has 1 atom stereocenters. The number of ether oxygens (including phenoxy) is 1. The van der Waals surface area contributed by atoms with Gasteiger partial charge in [-0.2, -0.15) is 4.72 Å². The van der Waals surface area contributed by atoms with E-state index < -0.39 is 28.6 Å². The van der Waals surface area contributed by atoms with Crippen LogP contribution in [0.2, 0.25) is 0 Å². The Kier molecular flexibility index (Phi) is 5.49. The van der Waals surface area contributed by atoms with Crippen LogP contribution in [0.3, 0.4) is 0 Å². The normalized spacial score (nSPS) is 12.9. The number of aliphatic hydroxyl groups is 1. The molecule has 1 aromatic rings. The van der Waals surface area contributed by atoms with Crippen LogP contribution in [0.4, 0.5) is 0 Å². The van der Waals surface area contributed by atoms with Gasteiger partial charge in [-0.1, -0.05) is 0 Å². The van der Waals surface area contributed by atoms with Gasteiger partial charge in [0.1, 0.15) is 11.8 Å². The van der Waals surface area contributed by atoms with Crippen molar-refractivity contribution in [3.8, 4) is 5.75 Å². The molecule has 8 heteroatoms. The number of carboxylic acids is 1. The third kappa shape index (κ3) is 3.92. The molecule has 7 nitrogen and oxygen atoms in total. The van der Waals surface area contributed by atoms with Crippen molar-refractivity contribution in [1.29, 1.82) is 0 Å². The fraction of sp³-hybridized carbons (Fsp3) is 0.417. The number of methoxy groups -OCH3 is 1. The molecule has 0 heterocycles. The summed E-state index contributed by atoms with van der Waals surface area (Å²) in [7, 11) is -2.50. The zero-order valence-electron chi connectivity index (χ0n) is 11.2. The van der Waals surface area contributed by atoms with Crippen molar-refractivity contribution in [3.63, 3.8) is 0 Å². The van der Waals surface area contributed by atoms with Gasteiger partial charge >= 0.3 is 5.97 Å². The summed E-state index contributed by atoms with van der Waals surface area (Å²) in [5.74, 6) is -0.804. The summed E-state index contributed by atoms with van der Waals surface area (Å²) in [6.45, 7) is 1.25. The van der Waals surface area contributed by atoms with Gasteiger partial charge in [0.05, 0.1) is 12.0 Å². The van der Waals surface area contributed by atoms with E-state index in [9.17, 15) is 13.2 Å². The van der Waals surface area contributed by atoms with E-state index in [1.807, 2.05) is 4.72 Å². The van der Waals surface area contributed by atoms with Gasteiger partial charge in [-0.25, -0.2) is 8.42 Å². The summed E-state index contributed by atoms with van der Waals surface area (Å²) in [5.41, 5.74) is 0.615. The second-order valence-electron chi connectivity index (χ2n) is 4.16. The lowest BCUT2D eigenvalue weighted by Gasteiger charge is -2.14. The van der Waals surface area contributed by atoms with Gasteiger partial charge in [0.25, 0.3) is 0 Å². The summed E-state index contributed by atoms with van der Waals surface area (Å²) >= 11 is 0. The SMILES string of the molecule is COc1ccc(S(=O)(=O)N[C@H](CCO)C(=O)O)cc1C. The summed E-state index contributed by atoms with van der Waals surface area (Å²) < 4.78 is 31.2. The molecule has 1 rings (SSSR count). The van der Waals surface area contributed by atoms with Crippen molar-refractivity contribution in [2.24, 2.45) is 0 Å². The van der Waals surface area contributed by atoms with Crippen molar-refractivity contribution in [2.45, 2.75) is 24.3 Å². The van der Waals surface area contributed by atoms with Crippen LogP contribution in [0.5, 0.6) is 5.75 Å². The average Bonchev–Trinajstić information content (AvgIpc) is 2.37. The number of carbonyl (C=O) groups is 1. The van der Waals surface area contributed by atoms with Crippen LogP contribution in [-0.2, 0) is 14.8 Å². The van der Waals surface area contributed by atoms with E-state index in [-0.39, 0.29) is 11.3 Å². The number of rotatable bonds is 7. The fourth-order valence-electron chi connectivity index (χ4n) is 1.64. The minimum atomic E-state index is -3.97. The van der Waals surface area contributed by atoms with Gasteiger partial charge < -0.3 is 14.9 Å². The maximum atomic E-state index is 12.1. The van der Waals surface area contributed by atoms with Crippen molar-refractivity contribution < 1.29 is 28.2 Å². The highest BCUT2D eigenvalue weighted by Gasteiger charge is 2.25. The van der Waals surface area contributed by atoms with E-state index in [0.29, 0.717) is 11.3 Å². The number of hydrogen-bond donors (Lipinski definition) is 3. The Hall–Kier alpha value is -1.64. The van der Waals surface area contributed by atoms with Crippen LogP contribution in [0.15, 0.2) is 23.1 Å². The van der Waals surface area contributed by atoms with Crippen LogP contribution in [-0.4, -0.2) is 44.4 Å². The molecule has 20 heavy (non-hydrogen) atoms. The van der Waals surface area contributed by atoms with Gasteiger partial charge in [-0.15, -0.1) is 0 Å². The number of hydrogen-bond acceptors (Lipinski definition) is 5. The van der Waals surface area contributed by atoms with E-state index in [1.165, 1.54) is 25.3 Å². The first kappa shape index (κ1) is 16.4. The number of sulfonamides is 1. The molecule has 0 radical (unpaired) electrons. The highest BCUT2D eigenvalue weighted by Crippen LogP contribution is 2.21. The first-order valence-electron chi connectivity index (χ1n) is 5.82. The Morgan fingerprint density at radius 1 is 1.45 bits per heavy atom. The molecule has 0 aliphatic heterocycles. The third-order valence-corrected chi connectivity index (χ3v) is 4.16. The molecule has 1 aromatic carbocycles. The highest BCUT2D eigenvalue weighted by atomic mass is 32.2. The van der Waals surface area contributed by atoms with E-state index >= 15 is 0 Å². The average molecular weight is 303 g/mol. The Morgan fingerprint density at radius 2 is 2.10 bits per heavy atom. The first-order valence-corrected chi connectivity index (χ1v) is 7.30. The van der Waals surface area contributed by atoms with Crippen molar-refractivity contribution in [3.05, 3.63) is 23.8 Å². The van der Waals surface area contributed by atoms with Gasteiger partial charge in [-0.05, 0) is 37.1 Å². The van der Waals surface area contributed by atoms with E-state index in [1.54, 1.807) is 6.92 Å². The zero-order chi connectivity index (χ0) is 15.3. The molecule has 0 saturated heterocycles. The molecule has 0 saturated carbocycles. The van der Waals surface area contributed by atoms with Gasteiger partial charge in [0.2, 0.25) is 10.0 Å². The van der Waals surface area contributed by atoms with Crippen LogP contribution >= 0.6 is 0 Å². The largest absolute Gasteiger partial charge is 0.496 e. The number of aliphatic hydroxyl groups excluding tert-OH is 1. The molecule has 0 aromatic heterocycles. The number of nitrogens with one attached hydrogen (secondary N) is 1. The molecule has 0 bridgehead atoms. The molecule has 3 N–H and O–H groups in total. The number of aryl methyl sites for hydroxylation is 1. The topological polar surface area (TPSA) is 113 Å². The lowest BCUT2D eigenvalue weighted by Crippen LogP contribution is -2.41. The van der Waals surface area contributed by atoms with Gasteiger partial charge in [0.15, 0.2) is 0 Å². The minimum Gasteiger partial charge on any atom is -0.496 e. The summed E-state index contributed by atoms with van der Waals surface area (Å²) in [6.07, 6.45) is -0.205. The van der Waals surface area contributed by atoms with Gasteiger partial charge in [-0.3, -0.25) is 4.79 Å². The molecular weight excluding hydrogens is 286 g/mol. The van der Waals surface area contributed by atoms with Crippen LogP contribution in [0.25, 0.3) is 0 Å². The first-order chi connectivity index (χ1) is 9.31. The molecule has 0 fully saturated rings. The van der Waals surface area contributed by atoms with Crippen LogP contribution in [0.1, 0.15) is 12.0 Å². The Balaban J connectivity index is 3.04. The van der Waals surface area contributed by atoms with E-state index in [4.69, 9.17) is 14.9 Å². The number of benzene rings is 1. The highest BCUT2D eigenvalue weighted by molar-refractivity contribution is 7.89. The summed E-state index contributed by atoms with van der Waals surface area (Å²) in [6, 6.07) is 2.84. The quantitative estimate of drug-likeness (QED) is 0.659. The third-order valence-electron chi connectivity index (χ3n) is 2.69. The molecule has 0 aliphatic rings.